The predicted octanol–water partition coefficient (Wildman–Crippen LogP) is 3.06. The van der Waals surface area contributed by atoms with Crippen LogP contribution >= 0.6 is 11.3 Å². The Bertz CT molecular complexity index is 461. The summed E-state index contributed by atoms with van der Waals surface area (Å²) < 4.78 is 0. The molecule has 2 unspecified atom stereocenters. The number of likely N-dealkylation sites (N-methyl/N-ethyl adjacent to an activating group) is 1. The number of amides is 1. The van der Waals surface area contributed by atoms with E-state index in [0.29, 0.717) is 6.42 Å². The van der Waals surface area contributed by atoms with Crippen LogP contribution in [0.25, 0.3) is 0 Å². The van der Waals surface area contributed by atoms with Crippen LogP contribution in [-0.2, 0) is 10.2 Å². The average molecular weight is 280 g/mol. The standard InChI is InChI=1S/C15H24N2OS/c1-5-17-13(18)9-6-10(16)14(17)11-7-8-12(19-11)15(2,3)4/h7-8,10,14H,5-6,9,16H2,1-4H3. The van der Waals surface area contributed by atoms with Gasteiger partial charge in [-0.1, -0.05) is 20.8 Å². The molecule has 1 fully saturated rings. The van der Waals surface area contributed by atoms with Gasteiger partial charge in [-0.05, 0) is 30.9 Å². The molecule has 2 atom stereocenters. The van der Waals surface area contributed by atoms with E-state index in [-0.39, 0.29) is 23.4 Å². The van der Waals surface area contributed by atoms with Crippen molar-refractivity contribution in [2.24, 2.45) is 5.73 Å². The molecule has 2 N–H and O–H groups in total. The number of hydrogen-bond acceptors (Lipinski definition) is 3. The molecule has 2 heterocycles. The fourth-order valence-corrected chi connectivity index (χ4v) is 3.89. The van der Waals surface area contributed by atoms with Gasteiger partial charge in [-0.2, -0.15) is 0 Å². The lowest BCUT2D eigenvalue weighted by atomic mass is 9.94. The highest BCUT2D eigenvalue weighted by atomic mass is 32.1. The number of rotatable bonds is 2. The van der Waals surface area contributed by atoms with Crippen LogP contribution in [0.4, 0.5) is 0 Å². The summed E-state index contributed by atoms with van der Waals surface area (Å²) >= 11 is 1.80. The van der Waals surface area contributed by atoms with Crippen molar-refractivity contribution in [3.63, 3.8) is 0 Å². The molecule has 1 aromatic rings. The van der Waals surface area contributed by atoms with Gasteiger partial charge in [0.05, 0.1) is 6.04 Å². The molecule has 0 spiro atoms. The van der Waals surface area contributed by atoms with Gasteiger partial charge in [-0.3, -0.25) is 4.79 Å². The van der Waals surface area contributed by atoms with E-state index >= 15 is 0 Å². The van der Waals surface area contributed by atoms with E-state index < -0.39 is 0 Å². The lowest BCUT2D eigenvalue weighted by Gasteiger charge is -2.38. The van der Waals surface area contributed by atoms with Crippen molar-refractivity contribution in [3.05, 3.63) is 21.9 Å². The molecule has 1 saturated heterocycles. The minimum Gasteiger partial charge on any atom is -0.334 e. The van der Waals surface area contributed by atoms with Gasteiger partial charge < -0.3 is 10.6 Å². The Kier molecular flexibility index (Phi) is 4.02. The van der Waals surface area contributed by atoms with Gasteiger partial charge in [0.1, 0.15) is 0 Å². The third-order valence-corrected chi connectivity index (χ3v) is 5.33. The highest BCUT2D eigenvalue weighted by molar-refractivity contribution is 7.12. The van der Waals surface area contributed by atoms with Crippen LogP contribution in [0, 0.1) is 0 Å². The Morgan fingerprint density at radius 1 is 1.42 bits per heavy atom. The largest absolute Gasteiger partial charge is 0.334 e. The van der Waals surface area contributed by atoms with Crippen molar-refractivity contribution >= 4 is 17.2 Å². The first-order chi connectivity index (χ1) is 8.84. The molecular formula is C15H24N2OS. The fourth-order valence-electron chi connectivity index (χ4n) is 2.63. The Balaban J connectivity index is 2.32. The first-order valence-electron chi connectivity index (χ1n) is 7.00. The van der Waals surface area contributed by atoms with Gasteiger partial charge in [0.25, 0.3) is 0 Å². The number of nitrogens with zero attached hydrogens (tertiary/aromatic N) is 1. The molecule has 0 aromatic carbocycles. The van der Waals surface area contributed by atoms with Gasteiger partial charge in [-0.15, -0.1) is 11.3 Å². The molecule has 4 heteroatoms. The van der Waals surface area contributed by atoms with E-state index in [4.69, 9.17) is 5.73 Å². The van der Waals surface area contributed by atoms with Crippen LogP contribution < -0.4 is 5.73 Å². The average Bonchev–Trinajstić information content (AvgIpc) is 2.80. The summed E-state index contributed by atoms with van der Waals surface area (Å²) in [6.07, 6.45) is 1.38. The first-order valence-corrected chi connectivity index (χ1v) is 7.81. The van der Waals surface area contributed by atoms with E-state index in [2.05, 4.69) is 32.9 Å². The zero-order chi connectivity index (χ0) is 14.2. The van der Waals surface area contributed by atoms with Crippen molar-refractivity contribution < 1.29 is 4.79 Å². The molecule has 1 aliphatic heterocycles. The highest BCUT2D eigenvalue weighted by Gasteiger charge is 2.35. The molecule has 0 saturated carbocycles. The number of piperidine rings is 1. The van der Waals surface area contributed by atoms with Crippen LogP contribution in [0.1, 0.15) is 56.3 Å². The molecule has 19 heavy (non-hydrogen) atoms. The highest BCUT2D eigenvalue weighted by Crippen LogP contribution is 2.38. The third-order valence-electron chi connectivity index (χ3n) is 3.75. The number of likely N-dealkylation sites (tertiary alicyclic amines) is 1. The molecule has 3 nitrogen and oxygen atoms in total. The molecule has 1 aliphatic rings. The number of carbonyl (C=O) groups excluding carboxylic acids is 1. The zero-order valence-electron chi connectivity index (χ0n) is 12.3. The molecular weight excluding hydrogens is 256 g/mol. The smallest absolute Gasteiger partial charge is 0.223 e. The van der Waals surface area contributed by atoms with Crippen molar-refractivity contribution in [1.82, 2.24) is 4.90 Å². The number of hydrogen-bond donors (Lipinski definition) is 1. The zero-order valence-corrected chi connectivity index (χ0v) is 13.1. The summed E-state index contributed by atoms with van der Waals surface area (Å²) in [5.41, 5.74) is 6.43. The second kappa shape index (κ2) is 5.25. The molecule has 1 aromatic heterocycles. The van der Waals surface area contributed by atoms with Crippen LogP contribution in [0.5, 0.6) is 0 Å². The summed E-state index contributed by atoms with van der Waals surface area (Å²) in [5.74, 6) is 0.236. The van der Waals surface area contributed by atoms with Gasteiger partial charge in [0.2, 0.25) is 5.91 Å². The molecule has 1 amide bonds. The number of nitrogens with two attached hydrogens (primary N) is 1. The summed E-state index contributed by atoms with van der Waals surface area (Å²) in [5, 5.41) is 0. The molecule has 0 bridgehead atoms. The van der Waals surface area contributed by atoms with Crippen molar-refractivity contribution in [1.29, 1.82) is 0 Å². The maximum atomic E-state index is 12.0. The number of thiophene rings is 1. The number of carbonyl (C=O) groups is 1. The quantitative estimate of drug-likeness (QED) is 0.905. The third kappa shape index (κ3) is 2.84. The summed E-state index contributed by atoms with van der Waals surface area (Å²) in [6.45, 7) is 9.41. The topological polar surface area (TPSA) is 46.3 Å². The van der Waals surface area contributed by atoms with Gasteiger partial charge in [0.15, 0.2) is 0 Å². The van der Waals surface area contributed by atoms with Gasteiger partial charge >= 0.3 is 0 Å². The molecule has 0 radical (unpaired) electrons. The second-order valence-corrected chi connectivity index (χ2v) is 7.39. The Morgan fingerprint density at radius 2 is 2.11 bits per heavy atom. The summed E-state index contributed by atoms with van der Waals surface area (Å²) in [4.78, 5) is 16.5. The maximum Gasteiger partial charge on any atom is 0.223 e. The fraction of sp³-hybridized carbons (Fsp3) is 0.667. The van der Waals surface area contributed by atoms with Crippen LogP contribution in [-0.4, -0.2) is 23.4 Å². The van der Waals surface area contributed by atoms with E-state index in [1.54, 1.807) is 11.3 Å². The lowest BCUT2D eigenvalue weighted by Crippen LogP contribution is -2.48. The lowest BCUT2D eigenvalue weighted by molar-refractivity contribution is -0.136. The first kappa shape index (κ1) is 14.5. The summed E-state index contributed by atoms with van der Waals surface area (Å²) in [6, 6.07) is 4.45. The van der Waals surface area contributed by atoms with E-state index in [1.807, 2.05) is 11.8 Å². The Hall–Kier alpha value is -0.870. The van der Waals surface area contributed by atoms with Crippen molar-refractivity contribution in [2.45, 2.75) is 58.0 Å². The van der Waals surface area contributed by atoms with Crippen molar-refractivity contribution in [2.75, 3.05) is 6.54 Å². The normalized spacial score (nSPS) is 24.9. The van der Waals surface area contributed by atoms with E-state index in [9.17, 15) is 4.79 Å². The minimum atomic E-state index is 0.0594. The minimum absolute atomic E-state index is 0.0594. The van der Waals surface area contributed by atoms with E-state index in [1.165, 1.54) is 9.75 Å². The summed E-state index contributed by atoms with van der Waals surface area (Å²) in [7, 11) is 0. The second-order valence-electron chi connectivity index (χ2n) is 6.28. The van der Waals surface area contributed by atoms with Gasteiger partial charge in [0, 0.05) is 28.8 Å². The van der Waals surface area contributed by atoms with Crippen LogP contribution in [0.3, 0.4) is 0 Å². The molecule has 2 rings (SSSR count). The van der Waals surface area contributed by atoms with Gasteiger partial charge in [-0.25, -0.2) is 0 Å². The molecule has 0 aliphatic carbocycles. The maximum absolute atomic E-state index is 12.0. The van der Waals surface area contributed by atoms with Crippen LogP contribution in [0.15, 0.2) is 12.1 Å². The SMILES string of the molecule is CCN1C(=O)CCC(N)C1c1ccc(C(C)(C)C)s1. The monoisotopic (exact) mass is 280 g/mol. The Morgan fingerprint density at radius 3 is 2.63 bits per heavy atom. The Labute approximate surface area is 119 Å². The predicted molar refractivity (Wildman–Crippen MR) is 80.4 cm³/mol. The van der Waals surface area contributed by atoms with E-state index in [0.717, 1.165) is 13.0 Å². The van der Waals surface area contributed by atoms with Crippen LogP contribution in [0.2, 0.25) is 0 Å². The van der Waals surface area contributed by atoms with Crippen molar-refractivity contribution in [3.8, 4) is 0 Å². The molecule has 106 valence electrons.